The highest BCUT2D eigenvalue weighted by atomic mass is 15.1. The zero-order valence-electron chi connectivity index (χ0n) is 35.7. The molecule has 0 aliphatic rings. The van der Waals surface area contributed by atoms with E-state index in [-0.39, 0.29) is 0 Å². The monoisotopic (exact) mass is 829 g/mol. The van der Waals surface area contributed by atoms with Crippen LogP contribution in [0.25, 0.3) is 88.8 Å². The summed E-state index contributed by atoms with van der Waals surface area (Å²) in [6, 6.07) is 92.0. The Morgan fingerprint density at radius 3 is 1.32 bits per heavy atom. The van der Waals surface area contributed by atoms with E-state index in [4.69, 9.17) is 0 Å². The number of hydrogen-bond donors (Lipinski definition) is 0. The fourth-order valence-electron chi connectivity index (χ4n) is 9.73. The minimum Gasteiger partial charge on any atom is -0.315 e. The number of hydrogen-bond acceptors (Lipinski definition) is 1. The fraction of sp³-hybridized carbons (Fsp3) is 0. The number of fused-ring (bicyclic) bond motifs is 4. The lowest BCUT2D eigenvalue weighted by Gasteiger charge is -2.26. The van der Waals surface area contributed by atoms with E-state index in [0.29, 0.717) is 0 Å². The minimum absolute atomic E-state index is 1.09. The first kappa shape index (κ1) is 38.0. The van der Waals surface area contributed by atoms with Gasteiger partial charge < -0.3 is 13.9 Å². The molecule has 0 spiro atoms. The molecule has 3 heterocycles. The van der Waals surface area contributed by atoms with Crippen molar-refractivity contribution in [2.24, 2.45) is 0 Å². The molecule has 3 heteroatoms. The number of nitrogens with zero attached hydrogens (tertiary/aromatic N) is 3. The smallest absolute Gasteiger partial charge is 0.0613 e. The van der Waals surface area contributed by atoms with Crippen LogP contribution >= 0.6 is 0 Å². The van der Waals surface area contributed by atoms with E-state index in [1.54, 1.807) is 0 Å². The molecule has 0 saturated carbocycles. The van der Waals surface area contributed by atoms with Crippen LogP contribution in [0.15, 0.2) is 261 Å². The average molecular weight is 830 g/mol. The van der Waals surface area contributed by atoms with Crippen molar-refractivity contribution in [1.29, 1.82) is 0 Å². The second-order valence-corrected chi connectivity index (χ2v) is 16.5. The van der Waals surface area contributed by atoms with E-state index in [9.17, 15) is 0 Å². The number of aromatic nitrogens is 2. The Balaban J connectivity index is 0.945. The maximum absolute atomic E-state index is 2.38. The molecule has 0 atom stereocenters. The molecule has 12 rings (SSSR count). The van der Waals surface area contributed by atoms with E-state index in [1.165, 1.54) is 77.5 Å². The summed E-state index contributed by atoms with van der Waals surface area (Å²) in [5, 5.41) is 2.44. The molecule has 3 aromatic heterocycles. The third-order valence-electron chi connectivity index (χ3n) is 12.7. The van der Waals surface area contributed by atoms with Crippen LogP contribution in [0.2, 0.25) is 0 Å². The lowest BCUT2D eigenvalue weighted by molar-refractivity contribution is 1.18. The second kappa shape index (κ2) is 16.2. The van der Waals surface area contributed by atoms with Crippen molar-refractivity contribution in [3.63, 3.8) is 0 Å². The minimum atomic E-state index is 1.09. The summed E-state index contributed by atoms with van der Waals surface area (Å²) in [6.45, 7) is 0. The number of benzene rings is 9. The number of para-hydroxylation sites is 2. The van der Waals surface area contributed by atoms with Crippen LogP contribution in [0.1, 0.15) is 0 Å². The SMILES string of the molecule is c1ccc(-c2ccc(N(c3ccc(-c4ccc(-c5c(-c6ccccc6)c(-c6ccccc6)c6ccccn56)cc4)cc3)c3ccc4c(c3)c3ccccc3n4-c3ccccc3)cc2)cc1. The van der Waals surface area contributed by atoms with Gasteiger partial charge in [0.2, 0.25) is 0 Å². The average Bonchev–Trinajstić information content (AvgIpc) is 3.91. The van der Waals surface area contributed by atoms with Gasteiger partial charge in [0.1, 0.15) is 0 Å². The molecule has 0 unspecified atom stereocenters. The highest BCUT2D eigenvalue weighted by Crippen LogP contribution is 2.46. The van der Waals surface area contributed by atoms with Crippen molar-refractivity contribution in [2.75, 3.05) is 4.90 Å². The van der Waals surface area contributed by atoms with E-state index < -0.39 is 0 Å². The standard InChI is InChI=1S/C62H43N3/c1-5-17-44(18-6-1)46-32-36-52(37-33-46)64(54-40-41-58-56(43-54)55-25-13-14-26-57(55)65(58)51-23-11-4-12-24-51)53-38-34-47(35-39-53)45-28-30-50(31-29-45)62-61(49-21-9-3-10-22-49)60(48-19-7-2-8-20-48)59-27-15-16-42-63(59)62/h1-43H. The van der Waals surface area contributed by atoms with Crippen LogP contribution < -0.4 is 4.90 Å². The Labute approximate surface area is 379 Å². The van der Waals surface area contributed by atoms with Crippen molar-refractivity contribution >= 4 is 44.4 Å². The molecule has 65 heavy (non-hydrogen) atoms. The van der Waals surface area contributed by atoms with Gasteiger partial charge in [-0.3, -0.25) is 0 Å². The van der Waals surface area contributed by atoms with Crippen LogP contribution in [-0.4, -0.2) is 8.97 Å². The number of anilines is 3. The molecular weight excluding hydrogens is 787 g/mol. The van der Waals surface area contributed by atoms with Crippen LogP contribution in [-0.2, 0) is 0 Å². The summed E-state index contributed by atoms with van der Waals surface area (Å²) in [5.74, 6) is 0. The third-order valence-corrected chi connectivity index (χ3v) is 12.7. The first-order valence-electron chi connectivity index (χ1n) is 22.3. The van der Waals surface area contributed by atoms with Crippen LogP contribution in [0, 0.1) is 0 Å². The fourth-order valence-corrected chi connectivity index (χ4v) is 9.73. The van der Waals surface area contributed by atoms with Crippen LogP contribution in [0.3, 0.4) is 0 Å². The van der Waals surface area contributed by atoms with Crippen molar-refractivity contribution < 1.29 is 0 Å². The van der Waals surface area contributed by atoms with Gasteiger partial charge >= 0.3 is 0 Å². The summed E-state index contributed by atoms with van der Waals surface area (Å²) < 4.78 is 4.73. The molecule has 0 saturated heterocycles. The van der Waals surface area contributed by atoms with Gasteiger partial charge in [-0.15, -0.1) is 0 Å². The van der Waals surface area contributed by atoms with Crippen molar-refractivity contribution in [3.05, 3.63) is 261 Å². The molecule has 0 bridgehead atoms. The highest BCUT2D eigenvalue weighted by molar-refractivity contribution is 6.11. The van der Waals surface area contributed by atoms with Crippen molar-refractivity contribution in [1.82, 2.24) is 8.97 Å². The Bertz CT molecular complexity index is 3590. The highest BCUT2D eigenvalue weighted by Gasteiger charge is 2.23. The number of pyridine rings is 1. The molecule has 0 aliphatic carbocycles. The van der Waals surface area contributed by atoms with Gasteiger partial charge in [0.25, 0.3) is 0 Å². The third kappa shape index (κ3) is 6.78. The van der Waals surface area contributed by atoms with E-state index in [1.807, 2.05) is 0 Å². The molecule has 0 fully saturated rings. The molecule has 0 amide bonds. The molecule has 0 radical (unpaired) electrons. The molecule has 0 aliphatic heterocycles. The van der Waals surface area contributed by atoms with Crippen LogP contribution in [0.5, 0.6) is 0 Å². The largest absolute Gasteiger partial charge is 0.315 e. The Hall–Kier alpha value is -8.66. The van der Waals surface area contributed by atoms with Crippen molar-refractivity contribution in [2.45, 2.75) is 0 Å². The van der Waals surface area contributed by atoms with Gasteiger partial charge in [0.05, 0.1) is 22.2 Å². The van der Waals surface area contributed by atoms with E-state index in [2.05, 4.69) is 275 Å². The number of rotatable bonds is 9. The lowest BCUT2D eigenvalue weighted by Crippen LogP contribution is -2.10. The molecule has 9 aromatic carbocycles. The molecular formula is C62H43N3. The second-order valence-electron chi connectivity index (χ2n) is 16.5. The normalized spacial score (nSPS) is 11.4. The Kier molecular flexibility index (Phi) is 9.50. The Morgan fingerprint density at radius 2 is 0.708 bits per heavy atom. The van der Waals surface area contributed by atoms with Gasteiger partial charge in [0, 0.05) is 50.8 Å². The first-order chi connectivity index (χ1) is 32.3. The maximum Gasteiger partial charge on any atom is 0.0613 e. The van der Waals surface area contributed by atoms with Crippen molar-refractivity contribution in [3.8, 4) is 61.5 Å². The molecule has 3 nitrogen and oxygen atoms in total. The topological polar surface area (TPSA) is 12.6 Å². The van der Waals surface area contributed by atoms with Crippen LogP contribution in [0.4, 0.5) is 17.1 Å². The van der Waals surface area contributed by atoms with E-state index >= 15 is 0 Å². The molecule has 12 aromatic rings. The Morgan fingerprint density at radius 1 is 0.277 bits per heavy atom. The first-order valence-corrected chi connectivity index (χ1v) is 22.3. The predicted octanol–water partition coefficient (Wildman–Crippen LogP) is 16.8. The van der Waals surface area contributed by atoms with Gasteiger partial charge in [-0.1, -0.05) is 182 Å². The quantitative estimate of drug-likeness (QED) is 0.141. The summed E-state index contributed by atoms with van der Waals surface area (Å²) in [5.41, 5.74) is 20.0. The van der Waals surface area contributed by atoms with Gasteiger partial charge in [-0.2, -0.15) is 0 Å². The summed E-state index contributed by atoms with van der Waals surface area (Å²) in [7, 11) is 0. The summed E-state index contributed by atoms with van der Waals surface area (Å²) >= 11 is 0. The lowest BCUT2D eigenvalue weighted by atomic mass is 9.93. The van der Waals surface area contributed by atoms with Gasteiger partial charge in [-0.25, -0.2) is 0 Å². The summed E-state index contributed by atoms with van der Waals surface area (Å²) in [6.07, 6.45) is 2.19. The zero-order chi connectivity index (χ0) is 43.1. The zero-order valence-corrected chi connectivity index (χ0v) is 35.7. The van der Waals surface area contributed by atoms with Gasteiger partial charge in [0.15, 0.2) is 0 Å². The maximum atomic E-state index is 2.38. The molecule has 0 N–H and O–H groups in total. The summed E-state index contributed by atoms with van der Waals surface area (Å²) in [4.78, 5) is 2.38. The van der Waals surface area contributed by atoms with E-state index in [0.717, 1.165) is 28.3 Å². The van der Waals surface area contributed by atoms with Gasteiger partial charge in [-0.05, 0) is 112 Å². The predicted molar refractivity (Wildman–Crippen MR) is 274 cm³/mol. The molecule has 306 valence electrons.